The number of hydrogen-bond donors (Lipinski definition) is 1. The van der Waals surface area contributed by atoms with Gasteiger partial charge in [-0.3, -0.25) is 0 Å². The Morgan fingerprint density at radius 2 is 2.17 bits per heavy atom. The average molecular weight is 469 g/mol. The molecule has 30 heavy (non-hydrogen) atoms. The number of pyridine rings is 1. The molecule has 1 aliphatic heterocycles. The third kappa shape index (κ3) is 4.47. The molecule has 1 N–H and O–H groups in total. The zero-order valence-electron chi connectivity index (χ0n) is 15.9. The summed E-state index contributed by atoms with van der Waals surface area (Å²) in [6, 6.07) is 8.64. The number of nitrogens with one attached hydrogen (secondary N) is 1. The highest BCUT2D eigenvalue weighted by Crippen LogP contribution is 2.30. The molecule has 1 aliphatic rings. The highest BCUT2D eigenvalue weighted by atomic mass is 35.5. The average Bonchev–Trinajstić information content (AvgIpc) is 3.12. The Labute approximate surface area is 182 Å². The lowest BCUT2D eigenvalue weighted by Crippen LogP contribution is -2.42. The van der Waals surface area contributed by atoms with Gasteiger partial charge in [0, 0.05) is 24.2 Å². The zero-order valence-corrected chi connectivity index (χ0v) is 18.3. The number of morpholine rings is 1. The number of rotatable bonds is 5. The molecule has 3 heterocycles. The molecule has 1 fully saturated rings. The SMILES string of the molecule is Cc1cnc(Nc2cccc(C3CN(S(=O)(=O)c4ccc(F)cc4Cl)CCO3)n2)s1. The first kappa shape index (κ1) is 21.1. The number of sulfonamides is 1. The van der Waals surface area contributed by atoms with Crippen molar-refractivity contribution in [3.8, 4) is 0 Å². The normalized spacial score (nSPS) is 17.8. The number of nitrogens with zero attached hydrogens (tertiary/aromatic N) is 3. The van der Waals surface area contributed by atoms with Crippen molar-refractivity contribution in [1.82, 2.24) is 14.3 Å². The summed E-state index contributed by atoms with van der Waals surface area (Å²) in [5.74, 6) is -0.00486. The third-order valence-corrected chi connectivity index (χ3v) is 7.67. The van der Waals surface area contributed by atoms with Crippen LogP contribution in [0, 0.1) is 12.7 Å². The third-order valence-electron chi connectivity index (χ3n) is 4.50. The topological polar surface area (TPSA) is 84.4 Å². The van der Waals surface area contributed by atoms with E-state index >= 15 is 0 Å². The highest BCUT2D eigenvalue weighted by Gasteiger charge is 2.33. The molecular weight excluding hydrogens is 451 g/mol. The molecule has 7 nitrogen and oxygen atoms in total. The molecule has 0 saturated carbocycles. The molecular formula is C19H18ClFN4O3S2. The van der Waals surface area contributed by atoms with E-state index in [0.717, 1.165) is 22.1 Å². The molecule has 0 amide bonds. The maximum atomic E-state index is 13.3. The summed E-state index contributed by atoms with van der Waals surface area (Å²) in [6.45, 7) is 2.41. The number of ether oxygens (including phenoxy) is 1. The van der Waals surface area contributed by atoms with Gasteiger partial charge in [-0.15, -0.1) is 11.3 Å². The van der Waals surface area contributed by atoms with Crippen LogP contribution in [0.1, 0.15) is 16.7 Å². The Kier molecular flexibility index (Phi) is 6.03. The molecule has 1 aromatic carbocycles. The van der Waals surface area contributed by atoms with Crippen molar-refractivity contribution in [3.05, 3.63) is 64.0 Å². The number of hydrogen-bond acceptors (Lipinski definition) is 7. The Hall–Kier alpha value is -2.11. The van der Waals surface area contributed by atoms with E-state index in [1.165, 1.54) is 21.7 Å². The van der Waals surface area contributed by atoms with E-state index in [1.54, 1.807) is 18.3 Å². The fourth-order valence-corrected chi connectivity index (χ4v) is 5.67. The molecule has 0 bridgehead atoms. The van der Waals surface area contributed by atoms with Crippen LogP contribution >= 0.6 is 22.9 Å². The van der Waals surface area contributed by atoms with Crippen LogP contribution in [0.15, 0.2) is 47.5 Å². The second kappa shape index (κ2) is 8.56. The van der Waals surface area contributed by atoms with Gasteiger partial charge >= 0.3 is 0 Å². The number of anilines is 2. The Morgan fingerprint density at radius 3 is 2.90 bits per heavy atom. The number of aromatic nitrogens is 2. The summed E-state index contributed by atoms with van der Waals surface area (Å²) < 4.78 is 46.5. The maximum Gasteiger partial charge on any atom is 0.244 e. The molecule has 0 aliphatic carbocycles. The highest BCUT2D eigenvalue weighted by molar-refractivity contribution is 7.89. The zero-order chi connectivity index (χ0) is 21.3. The van der Waals surface area contributed by atoms with Gasteiger partial charge in [0.1, 0.15) is 22.6 Å². The smallest absolute Gasteiger partial charge is 0.244 e. The molecule has 3 aromatic rings. The Bertz CT molecular complexity index is 1170. The van der Waals surface area contributed by atoms with Gasteiger partial charge in [-0.1, -0.05) is 17.7 Å². The van der Waals surface area contributed by atoms with E-state index in [9.17, 15) is 12.8 Å². The fraction of sp³-hybridized carbons (Fsp3) is 0.263. The van der Waals surface area contributed by atoms with Crippen LogP contribution in [-0.4, -0.2) is 42.4 Å². The standard InChI is InChI=1S/C19H18ClFN4O3S2/c1-12-10-22-19(29-12)24-18-4-2-3-15(23-18)16-11-25(7-8-28-16)30(26,27)17-6-5-13(21)9-14(17)20/h2-6,9-10,16H,7-8,11H2,1H3,(H,22,23,24). The van der Waals surface area contributed by atoms with E-state index in [2.05, 4.69) is 15.3 Å². The first-order valence-corrected chi connectivity index (χ1v) is 11.7. The number of halogens is 2. The molecule has 11 heteroatoms. The molecule has 0 radical (unpaired) electrons. The molecule has 158 valence electrons. The van der Waals surface area contributed by atoms with Crippen molar-refractivity contribution >= 4 is 43.9 Å². The Balaban J connectivity index is 1.54. The minimum Gasteiger partial charge on any atom is -0.369 e. The van der Waals surface area contributed by atoms with Crippen LogP contribution in [0.4, 0.5) is 15.3 Å². The van der Waals surface area contributed by atoms with Crippen LogP contribution < -0.4 is 5.32 Å². The summed E-state index contributed by atoms with van der Waals surface area (Å²) in [4.78, 5) is 9.75. The van der Waals surface area contributed by atoms with E-state index in [0.29, 0.717) is 11.5 Å². The lowest BCUT2D eigenvalue weighted by Gasteiger charge is -2.32. The summed E-state index contributed by atoms with van der Waals surface area (Å²) in [6.07, 6.45) is 1.22. The van der Waals surface area contributed by atoms with Gasteiger partial charge in [0.2, 0.25) is 10.0 Å². The van der Waals surface area contributed by atoms with Gasteiger partial charge < -0.3 is 10.1 Å². The van der Waals surface area contributed by atoms with Crippen LogP contribution in [0.25, 0.3) is 0 Å². The second-order valence-corrected chi connectivity index (χ2v) is 10.2. The molecule has 1 unspecified atom stereocenters. The summed E-state index contributed by atoms with van der Waals surface area (Å²) in [5, 5.41) is 3.71. The van der Waals surface area contributed by atoms with Gasteiger partial charge in [-0.05, 0) is 37.3 Å². The van der Waals surface area contributed by atoms with Crippen molar-refractivity contribution in [3.63, 3.8) is 0 Å². The second-order valence-electron chi connectivity index (χ2n) is 6.65. The Morgan fingerprint density at radius 1 is 1.33 bits per heavy atom. The van der Waals surface area contributed by atoms with Crippen LogP contribution in [-0.2, 0) is 14.8 Å². The molecule has 0 spiro atoms. The quantitative estimate of drug-likeness (QED) is 0.605. The van der Waals surface area contributed by atoms with Gasteiger partial charge in [-0.25, -0.2) is 22.8 Å². The first-order valence-electron chi connectivity index (χ1n) is 9.06. The molecule has 4 rings (SSSR count). The molecule has 2 aromatic heterocycles. The van der Waals surface area contributed by atoms with Crippen LogP contribution in [0.2, 0.25) is 5.02 Å². The van der Waals surface area contributed by atoms with E-state index in [-0.39, 0.29) is 29.6 Å². The maximum absolute atomic E-state index is 13.3. The predicted octanol–water partition coefficient (Wildman–Crippen LogP) is 4.14. The number of thiazole rings is 1. The van der Waals surface area contributed by atoms with Gasteiger partial charge in [0.25, 0.3) is 0 Å². The fourth-order valence-electron chi connectivity index (χ4n) is 3.07. The molecule has 1 atom stereocenters. The van der Waals surface area contributed by atoms with Crippen molar-refractivity contribution in [2.24, 2.45) is 0 Å². The van der Waals surface area contributed by atoms with E-state index in [1.807, 2.05) is 13.0 Å². The summed E-state index contributed by atoms with van der Waals surface area (Å²) in [7, 11) is -3.90. The minimum atomic E-state index is -3.90. The van der Waals surface area contributed by atoms with Crippen LogP contribution in [0.3, 0.4) is 0 Å². The van der Waals surface area contributed by atoms with Crippen molar-refractivity contribution < 1.29 is 17.5 Å². The molecule has 1 saturated heterocycles. The van der Waals surface area contributed by atoms with Crippen LogP contribution in [0.5, 0.6) is 0 Å². The summed E-state index contributed by atoms with van der Waals surface area (Å²) in [5.41, 5.74) is 0.596. The monoisotopic (exact) mass is 468 g/mol. The lowest BCUT2D eigenvalue weighted by atomic mass is 10.2. The van der Waals surface area contributed by atoms with Crippen molar-refractivity contribution in [2.75, 3.05) is 25.0 Å². The predicted molar refractivity (Wildman–Crippen MR) is 113 cm³/mol. The minimum absolute atomic E-state index is 0.0723. The van der Waals surface area contributed by atoms with Crippen molar-refractivity contribution in [2.45, 2.75) is 17.9 Å². The number of benzene rings is 1. The van der Waals surface area contributed by atoms with Crippen molar-refractivity contribution in [1.29, 1.82) is 0 Å². The summed E-state index contributed by atoms with van der Waals surface area (Å²) >= 11 is 7.49. The van der Waals surface area contributed by atoms with Gasteiger partial charge in [0.15, 0.2) is 5.13 Å². The lowest BCUT2D eigenvalue weighted by molar-refractivity contribution is -0.00486. The van der Waals surface area contributed by atoms with Gasteiger partial charge in [0.05, 0.1) is 17.3 Å². The van der Waals surface area contributed by atoms with E-state index < -0.39 is 21.9 Å². The largest absolute Gasteiger partial charge is 0.369 e. The number of aryl methyl sites for hydroxylation is 1. The van der Waals surface area contributed by atoms with Gasteiger partial charge in [-0.2, -0.15) is 4.31 Å². The van der Waals surface area contributed by atoms with E-state index in [4.69, 9.17) is 16.3 Å². The first-order chi connectivity index (χ1) is 14.3.